The Morgan fingerprint density at radius 1 is 1.08 bits per heavy atom. The molecule has 0 aliphatic heterocycles. The van der Waals surface area contributed by atoms with E-state index in [-0.39, 0.29) is 22.0 Å². The van der Waals surface area contributed by atoms with E-state index in [0.717, 1.165) is 9.13 Å². The third-order valence-electron chi connectivity index (χ3n) is 3.70. The molecule has 136 valence electrons. The van der Waals surface area contributed by atoms with Crippen molar-refractivity contribution in [2.45, 2.75) is 26.2 Å². The maximum atomic E-state index is 12.3. The average Bonchev–Trinajstić information content (AvgIpc) is 2.55. The zero-order valence-corrected chi connectivity index (χ0v) is 17.6. The number of hydrogen-bond donors (Lipinski definition) is 3. The molecule has 3 N–H and O–H groups in total. The lowest BCUT2D eigenvalue weighted by Gasteiger charge is -2.19. The van der Waals surface area contributed by atoms with Gasteiger partial charge in [-0.25, -0.2) is 4.79 Å². The monoisotopic (exact) mass is 482 g/mol. The van der Waals surface area contributed by atoms with Crippen molar-refractivity contribution in [2.24, 2.45) is 0 Å². The van der Waals surface area contributed by atoms with Crippen molar-refractivity contribution in [1.29, 1.82) is 0 Å². The van der Waals surface area contributed by atoms with Crippen LogP contribution in [0.15, 0.2) is 42.5 Å². The van der Waals surface area contributed by atoms with E-state index in [4.69, 9.17) is 12.2 Å². The van der Waals surface area contributed by atoms with Crippen LogP contribution >= 0.6 is 34.8 Å². The van der Waals surface area contributed by atoms with E-state index in [1.165, 1.54) is 6.07 Å². The first-order valence-corrected chi connectivity index (χ1v) is 9.32. The highest BCUT2D eigenvalue weighted by molar-refractivity contribution is 14.1. The maximum absolute atomic E-state index is 12.3. The summed E-state index contributed by atoms with van der Waals surface area (Å²) in [5, 5.41) is 14.7. The van der Waals surface area contributed by atoms with E-state index in [1.54, 1.807) is 24.3 Å². The van der Waals surface area contributed by atoms with E-state index < -0.39 is 5.97 Å². The van der Waals surface area contributed by atoms with Crippen LogP contribution in [0.3, 0.4) is 0 Å². The first-order valence-electron chi connectivity index (χ1n) is 7.83. The molecule has 7 heteroatoms. The highest BCUT2D eigenvalue weighted by Crippen LogP contribution is 2.22. The lowest BCUT2D eigenvalue weighted by molar-refractivity contribution is 0.0697. The fourth-order valence-corrected chi connectivity index (χ4v) is 2.95. The summed E-state index contributed by atoms with van der Waals surface area (Å²) in [6.07, 6.45) is 0. The van der Waals surface area contributed by atoms with E-state index in [0.29, 0.717) is 11.3 Å². The minimum absolute atomic E-state index is 0.00389. The van der Waals surface area contributed by atoms with Crippen molar-refractivity contribution in [1.82, 2.24) is 5.32 Å². The van der Waals surface area contributed by atoms with Crippen molar-refractivity contribution in [3.63, 3.8) is 0 Å². The topological polar surface area (TPSA) is 78.4 Å². The SMILES string of the molecule is CC(C)(C)c1ccc(C(=O)NC(=S)Nc2ccc(I)cc2C(=O)O)cc1. The highest BCUT2D eigenvalue weighted by Gasteiger charge is 2.16. The van der Waals surface area contributed by atoms with Crippen LogP contribution in [-0.4, -0.2) is 22.1 Å². The number of halogens is 1. The Kier molecular flexibility index (Phi) is 6.35. The van der Waals surface area contributed by atoms with Gasteiger partial charge in [0.15, 0.2) is 5.11 Å². The number of carbonyl (C=O) groups is 2. The molecule has 0 radical (unpaired) electrons. The summed E-state index contributed by atoms with van der Waals surface area (Å²) >= 11 is 7.17. The predicted molar refractivity (Wildman–Crippen MR) is 115 cm³/mol. The number of thiocarbonyl (C=S) groups is 1. The second-order valence-electron chi connectivity index (χ2n) is 6.73. The number of rotatable bonds is 3. The Labute approximate surface area is 171 Å². The number of aromatic carboxylic acids is 1. The van der Waals surface area contributed by atoms with E-state index in [2.05, 4.69) is 31.4 Å². The summed E-state index contributed by atoms with van der Waals surface area (Å²) in [5.41, 5.74) is 2.02. The molecule has 5 nitrogen and oxygen atoms in total. The summed E-state index contributed by atoms with van der Waals surface area (Å²) < 4.78 is 0.791. The minimum Gasteiger partial charge on any atom is -0.478 e. The molecule has 2 rings (SSSR count). The molecule has 0 aliphatic rings. The summed E-state index contributed by atoms with van der Waals surface area (Å²) in [7, 11) is 0. The number of anilines is 1. The number of hydrogen-bond acceptors (Lipinski definition) is 3. The second kappa shape index (κ2) is 8.13. The molecule has 1 amide bonds. The normalized spacial score (nSPS) is 10.9. The number of nitrogens with one attached hydrogen (secondary N) is 2. The van der Waals surface area contributed by atoms with Crippen molar-refractivity contribution < 1.29 is 14.7 Å². The molecule has 0 heterocycles. The first kappa shape index (κ1) is 20.3. The van der Waals surface area contributed by atoms with Gasteiger partial charge in [-0.05, 0) is 76.1 Å². The molecule has 0 atom stereocenters. The summed E-state index contributed by atoms with van der Waals surface area (Å²) in [5.74, 6) is -1.43. The molecule has 0 saturated heterocycles. The van der Waals surface area contributed by atoms with E-state index >= 15 is 0 Å². The fraction of sp³-hybridized carbons (Fsp3) is 0.211. The quantitative estimate of drug-likeness (QED) is 0.446. The van der Waals surface area contributed by atoms with Crippen LogP contribution in [0.25, 0.3) is 0 Å². The van der Waals surface area contributed by atoms with Gasteiger partial charge in [-0.1, -0.05) is 32.9 Å². The van der Waals surface area contributed by atoms with Gasteiger partial charge in [-0.3, -0.25) is 10.1 Å². The molecule has 0 fully saturated rings. The molecular formula is C19H19IN2O3S. The zero-order valence-electron chi connectivity index (χ0n) is 14.6. The van der Waals surface area contributed by atoms with Gasteiger partial charge in [0.2, 0.25) is 0 Å². The van der Waals surface area contributed by atoms with Gasteiger partial charge in [0.05, 0.1) is 11.3 Å². The average molecular weight is 482 g/mol. The van der Waals surface area contributed by atoms with Gasteiger partial charge in [0, 0.05) is 9.13 Å². The second-order valence-corrected chi connectivity index (χ2v) is 8.38. The van der Waals surface area contributed by atoms with Gasteiger partial charge >= 0.3 is 5.97 Å². The van der Waals surface area contributed by atoms with Crippen LogP contribution in [-0.2, 0) is 5.41 Å². The van der Waals surface area contributed by atoms with Gasteiger partial charge in [0.1, 0.15) is 0 Å². The molecule has 0 saturated carbocycles. The maximum Gasteiger partial charge on any atom is 0.337 e. The van der Waals surface area contributed by atoms with Crippen LogP contribution < -0.4 is 10.6 Å². The lowest BCUT2D eigenvalue weighted by atomic mass is 9.87. The van der Waals surface area contributed by atoms with Crippen LogP contribution in [0.4, 0.5) is 5.69 Å². The van der Waals surface area contributed by atoms with Gasteiger partial charge in [0.25, 0.3) is 5.91 Å². The number of amides is 1. The van der Waals surface area contributed by atoms with Crippen molar-refractivity contribution >= 4 is 57.5 Å². The van der Waals surface area contributed by atoms with Crippen LogP contribution in [0.2, 0.25) is 0 Å². The number of carboxylic acid groups (broad SMARTS) is 1. The number of carboxylic acids is 1. The van der Waals surface area contributed by atoms with Crippen molar-refractivity contribution in [3.05, 3.63) is 62.7 Å². The Balaban J connectivity index is 2.08. The predicted octanol–water partition coefficient (Wildman–Crippen LogP) is 4.41. The minimum atomic E-state index is -1.07. The molecule has 2 aromatic carbocycles. The molecule has 2 aromatic rings. The van der Waals surface area contributed by atoms with Gasteiger partial charge < -0.3 is 10.4 Å². The molecular weight excluding hydrogens is 463 g/mol. The first-order chi connectivity index (χ1) is 12.1. The molecule has 0 spiro atoms. The van der Waals surface area contributed by atoms with Crippen molar-refractivity contribution in [2.75, 3.05) is 5.32 Å². The number of carbonyl (C=O) groups excluding carboxylic acids is 1. The zero-order chi connectivity index (χ0) is 19.5. The van der Waals surface area contributed by atoms with Crippen molar-refractivity contribution in [3.8, 4) is 0 Å². The third-order valence-corrected chi connectivity index (χ3v) is 4.58. The standard InChI is InChI=1S/C19H19IN2O3S/c1-19(2,3)12-6-4-11(5-7-12)16(23)22-18(26)21-15-9-8-13(20)10-14(15)17(24)25/h4-10H,1-3H3,(H,24,25)(H2,21,22,23,26). The van der Waals surface area contributed by atoms with E-state index in [1.807, 2.05) is 34.7 Å². The van der Waals surface area contributed by atoms with E-state index in [9.17, 15) is 14.7 Å². The Morgan fingerprint density at radius 3 is 2.23 bits per heavy atom. The Bertz CT molecular complexity index is 858. The Morgan fingerprint density at radius 2 is 1.69 bits per heavy atom. The summed E-state index contributed by atoms with van der Waals surface area (Å²) in [6.45, 7) is 6.30. The van der Waals surface area contributed by atoms with Gasteiger partial charge in [-0.15, -0.1) is 0 Å². The van der Waals surface area contributed by atoms with Gasteiger partial charge in [-0.2, -0.15) is 0 Å². The number of benzene rings is 2. The molecule has 0 bridgehead atoms. The molecule has 0 aromatic heterocycles. The third kappa shape index (κ3) is 5.25. The lowest BCUT2D eigenvalue weighted by Crippen LogP contribution is -2.34. The summed E-state index contributed by atoms with van der Waals surface area (Å²) in [6, 6.07) is 12.2. The molecule has 26 heavy (non-hydrogen) atoms. The molecule has 0 unspecified atom stereocenters. The Hall–Kier alpha value is -2.00. The van der Waals surface area contributed by atoms with Crippen LogP contribution in [0.5, 0.6) is 0 Å². The molecule has 0 aliphatic carbocycles. The largest absolute Gasteiger partial charge is 0.478 e. The fourth-order valence-electron chi connectivity index (χ4n) is 2.25. The van der Waals surface area contributed by atoms with Crippen LogP contribution in [0.1, 0.15) is 47.1 Å². The highest BCUT2D eigenvalue weighted by atomic mass is 127. The summed E-state index contributed by atoms with van der Waals surface area (Å²) in [4.78, 5) is 23.7. The smallest absolute Gasteiger partial charge is 0.337 e. The van der Waals surface area contributed by atoms with Crippen LogP contribution in [0, 0.1) is 3.57 Å².